The zero-order valence-electron chi connectivity index (χ0n) is 14.6. The fraction of sp³-hybridized carbons (Fsp3) is 0.238. The number of nitrogens with zero attached hydrogens (tertiary/aromatic N) is 1. The van der Waals surface area contributed by atoms with Gasteiger partial charge in [0, 0.05) is 22.8 Å². The van der Waals surface area contributed by atoms with E-state index in [1.807, 2.05) is 6.92 Å². The summed E-state index contributed by atoms with van der Waals surface area (Å²) in [7, 11) is 0. The Labute approximate surface area is 151 Å². The molecule has 0 N–H and O–H groups in total. The average molecular weight is 351 g/mol. The van der Waals surface area contributed by atoms with Crippen LogP contribution in [0.5, 0.6) is 5.75 Å². The number of allylic oxidation sites excluding steroid dienone is 1. The number of hydrogen-bond acceptors (Lipinski definition) is 4. The van der Waals surface area contributed by atoms with E-state index in [2.05, 4.69) is 6.07 Å². The van der Waals surface area contributed by atoms with Gasteiger partial charge in [-0.2, -0.15) is 5.26 Å². The SMILES string of the molecule is CCCOC(=O)c1ccc2c(c1)COc1cc(F)ccc1C2=C(C)C#N. The van der Waals surface area contributed by atoms with Gasteiger partial charge in [0.05, 0.1) is 18.2 Å². The lowest BCUT2D eigenvalue weighted by molar-refractivity contribution is 0.0505. The molecule has 0 aromatic heterocycles. The first-order valence-electron chi connectivity index (χ1n) is 8.39. The first kappa shape index (κ1) is 17.7. The summed E-state index contributed by atoms with van der Waals surface area (Å²) in [6.45, 7) is 4.16. The number of nitriles is 1. The summed E-state index contributed by atoms with van der Waals surface area (Å²) in [6.07, 6.45) is 0.745. The number of ether oxygens (including phenoxy) is 2. The highest BCUT2D eigenvalue weighted by molar-refractivity contribution is 5.93. The summed E-state index contributed by atoms with van der Waals surface area (Å²) in [5, 5.41) is 9.43. The molecule has 3 rings (SSSR count). The summed E-state index contributed by atoms with van der Waals surface area (Å²) in [5.41, 5.74) is 3.80. The van der Waals surface area contributed by atoms with Crippen LogP contribution < -0.4 is 4.74 Å². The van der Waals surface area contributed by atoms with Crippen molar-refractivity contribution in [2.75, 3.05) is 6.61 Å². The quantitative estimate of drug-likeness (QED) is 0.597. The van der Waals surface area contributed by atoms with E-state index in [0.717, 1.165) is 17.5 Å². The van der Waals surface area contributed by atoms with Crippen LogP contribution in [0.1, 0.15) is 47.3 Å². The minimum atomic E-state index is -0.410. The van der Waals surface area contributed by atoms with Crippen molar-refractivity contribution in [3.05, 3.63) is 70.0 Å². The highest BCUT2D eigenvalue weighted by Crippen LogP contribution is 2.39. The third kappa shape index (κ3) is 3.31. The Kier molecular flexibility index (Phi) is 5.04. The Morgan fingerprint density at radius 2 is 2.04 bits per heavy atom. The first-order chi connectivity index (χ1) is 12.5. The summed E-state index contributed by atoms with van der Waals surface area (Å²) >= 11 is 0. The molecule has 0 spiro atoms. The molecule has 1 heterocycles. The second-order valence-corrected chi connectivity index (χ2v) is 6.05. The standard InChI is InChI=1S/C21H18FNO3/c1-3-8-25-21(24)14-4-6-17-15(9-14)12-26-19-10-16(22)5-7-18(19)20(17)13(2)11-23/h4-7,9-10H,3,8,12H2,1-2H3. The molecule has 26 heavy (non-hydrogen) atoms. The number of carbonyl (C=O) groups excluding carboxylic acids is 1. The van der Waals surface area contributed by atoms with Gasteiger partial charge >= 0.3 is 5.97 Å². The zero-order valence-corrected chi connectivity index (χ0v) is 14.6. The number of rotatable bonds is 3. The zero-order chi connectivity index (χ0) is 18.7. The highest BCUT2D eigenvalue weighted by atomic mass is 19.1. The molecule has 0 saturated carbocycles. The van der Waals surface area contributed by atoms with E-state index >= 15 is 0 Å². The molecule has 1 aliphatic rings. The van der Waals surface area contributed by atoms with Crippen molar-refractivity contribution in [1.82, 2.24) is 0 Å². The van der Waals surface area contributed by atoms with Gasteiger partial charge in [0.2, 0.25) is 0 Å². The molecule has 0 unspecified atom stereocenters. The van der Waals surface area contributed by atoms with Gasteiger partial charge in [-0.1, -0.05) is 13.0 Å². The lowest BCUT2D eigenvalue weighted by Crippen LogP contribution is -2.07. The van der Waals surface area contributed by atoms with E-state index in [1.165, 1.54) is 12.1 Å². The fourth-order valence-corrected chi connectivity index (χ4v) is 2.94. The van der Waals surface area contributed by atoms with Gasteiger partial charge in [0.25, 0.3) is 0 Å². The third-order valence-electron chi connectivity index (χ3n) is 4.19. The van der Waals surface area contributed by atoms with E-state index in [9.17, 15) is 14.4 Å². The molecule has 0 saturated heterocycles. The second-order valence-electron chi connectivity index (χ2n) is 6.05. The maximum atomic E-state index is 13.6. The normalized spacial score (nSPS) is 14.2. The molecule has 0 amide bonds. The van der Waals surface area contributed by atoms with Gasteiger partial charge < -0.3 is 9.47 Å². The molecule has 4 nitrogen and oxygen atoms in total. The molecule has 0 atom stereocenters. The van der Waals surface area contributed by atoms with Gasteiger partial charge in [-0.25, -0.2) is 9.18 Å². The number of carbonyl (C=O) groups is 1. The van der Waals surface area contributed by atoms with Crippen LogP contribution in [0.25, 0.3) is 5.57 Å². The smallest absolute Gasteiger partial charge is 0.338 e. The Hall–Kier alpha value is -3.13. The Morgan fingerprint density at radius 3 is 2.77 bits per heavy atom. The van der Waals surface area contributed by atoms with E-state index in [4.69, 9.17) is 9.47 Å². The van der Waals surface area contributed by atoms with Crippen molar-refractivity contribution in [3.63, 3.8) is 0 Å². The van der Waals surface area contributed by atoms with Crippen LogP contribution in [0, 0.1) is 17.1 Å². The van der Waals surface area contributed by atoms with Crippen LogP contribution in [-0.2, 0) is 11.3 Å². The van der Waals surface area contributed by atoms with Crippen LogP contribution in [0.4, 0.5) is 4.39 Å². The fourth-order valence-electron chi connectivity index (χ4n) is 2.94. The summed E-state index contributed by atoms with van der Waals surface area (Å²) in [4.78, 5) is 12.1. The van der Waals surface area contributed by atoms with Crippen molar-refractivity contribution in [3.8, 4) is 11.8 Å². The molecule has 132 valence electrons. The maximum Gasteiger partial charge on any atom is 0.338 e. The van der Waals surface area contributed by atoms with Crippen molar-refractivity contribution in [1.29, 1.82) is 5.26 Å². The maximum absolute atomic E-state index is 13.6. The monoisotopic (exact) mass is 351 g/mol. The topological polar surface area (TPSA) is 59.3 Å². The van der Waals surface area contributed by atoms with E-state index in [0.29, 0.717) is 34.6 Å². The molecule has 0 fully saturated rings. The van der Waals surface area contributed by atoms with Crippen molar-refractivity contribution in [2.24, 2.45) is 0 Å². The Bertz CT molecular complexity index is 941. The number of hydrogen-bond donors (Lipinski definition) is 0. The lowest BCUT2D eigenvalue weighted by atomic mass is 9.90. The highest BCUT2D eigenvalue weighted by Gasteiger charge is 2.23. The third-order valence-corrected chi connectivity index (χ3v) is 4.19. The number of benzene rings is 2. The van der Waals surface area contributed by atoms with Gasteiger partial charge in [0.15, 0.2) is 0 Å². The molecular formula is C21H18FNO3. The van der Waals surface area contributed by atoms with E-state index < -0.39 is 11.8 Å². The Morgan fingerprint density at radius 1 is 1.27 bits per heavy atom. The molecule has 1 aliphatic heterocycles. The van der Waals surface area contributed by atoms with E-state index in [1.54, 1.807) is 31.2 Å². The van der Waals surface area contributed by atoms with Gasteiger partial charge in [-0.05, 0) is 48.7 Å². The molecule has 2 aromatic rings. The number of halogens is 1. The molecule has 0 radical (unpaired) electrons. The number of esters is 1. The first-order valence-corrected chi connectivity index (χ1v) is 8.39. The van der Waals surface area contributed by atoms with Gasteiger partial charge in [-0.3, -0.25) is 0 Å². The van der Waals surface area contributed by atoms with Crippen LogP contribution in [-0.4, -0.2) is 12.6 Å². The van der Waals surface area contributed by atoms with Crippen LogP contribution in [0.3, 0.4) is 0 Å². The lowest BCUT2D eigenvalue weighted by Gasteiger charge is -2.12. The van der Waals surface area contributed by atoms with Crippen molar-refractivity contribution < 1.29 is 18.7 Å². The summed E-state index contributed by atoms with van der Waals surface area (Å²) in [6, 6.07) is 11.6. The number of fused-ring (bicyclic) bond motifs is 2. The van der Waals surface area contributed by atoms with Crippen molar-refractivity contribution >= 4 is 11.5 Å². The van der Waals surface area contributed by atoms with Gasteiger partial charge in [0.1, 0.15) is 18.2 Å². The van der Waals surface area contributed by atoms with Crippen LogP contribution in [0.2, 0.25) is 0 Å². The van der Waals surface area contributed by atoms with Gasteiger partial charge in [-0.15, -0.1) is 0 Å². The minimum absolute atomic E-state index is 0.170. The van der Waals surface area contributed by atoms with Crippen molar-refractivity contribution in [2.45, 2.75) is 26.9 Å². The summed E-state index contributed by atoms with van der Waals surface area (Å²) < 4.78 is 24.6. The summed E-state index contributed by atoms with van der Waals surface area (Å²) in [5.74, 6) is -0.432. The second kappa shape index (κ2) is 7.40. The molecule has 5 heteroatoms. The predicted molar refractivity (Wildman–Crippen MR) is 95.1 cm³/mol. The van der Waals surface area contributed by atoms with Crippen LogP contribution in [0.15, 0.2) is 42.0 Å². The van der Waals surface area contributed by atoms with Crippen LogP contribution >= 0.6 is 0 Å². The molecule has 0 aliphatic carbocycles. The molecular weight excluding hydrogens is 333 g/mol. The minimum Gasteiger partial charge on any atom is -0.488 e. The Balaban J connectivity index is 2.13. The van der Waals surface area contributed by atoms with E-state index in [-0.39, 0.29) is 6.61 Å². The average Bonchev–Trinajstić information content (AvgIpc) is 2.81. The molecule has 2 aromatic carbocycles. The largest absolute Gasteiger partial charge is 0.488 e. The molecule has 0 bridgehead atoms. The predicted octanol–water partition coefficient (Wildman–Crippen LogP) is 4.63.